The van der Waals surface area contributed by atoms with E-state index in [1.54, 1.807) is 12.1 Å². The minimum Gasteiger partial charge on any atom is -0.382 e. The monoisotopic (exact) mass is 273 g/mol. The molecule has 0 N–H and O–H groups in total. The van der Waals surface area contributed by atoms with Crippen molar-refractivity contribution < 1.29 is 22.7 Å². The van der Waals surface area contributed by atoms with Crippen LogP contribution >= 0.6 is 0 Å². The van der Waals surface area contributed by atoms with Gasteiger partial charge in [0.2, 0.25) is 0 Å². The van der Waals surface area contributed by atoms with Gasteiger partial charge in [0.25, 0.3) is 0 Å². The number of carbonyl (C=O) groups is 1. The van der Waals surface area contributed by atoms with E-state index in [-0.39, 0.29) is 13.2 Å². The van der Waals surface area contributed by atoms with Crippen molar-refractivity contribution in [2.75, 3.05) is 20.3 Å². The Balaban J connectivity index is 2.34. The summed E-state index contributed by atoms with van der Waals surface area (Å²) in [7, 11) is 1.41. The molecule has 0 radical (unpaired) electrons. The number of nitrogens with zero attached hydrogens (tertiary/aromatic N) is 1. The summed E-state index contributed by atoms with van der Waals surface area (Å²) in [5.74, 6) is -1.80. The molecule has 19 heavy (non-hydrogen) atoms. The van der Waals surface area contributed by atoms with E-state index in [0.29, 0.717) is 6.42 Å². The number of benzene rings is 1. The molecule has 3 nitrogen and oxygen atoms in total. The summed E-state index contributed by atoms with van der Waals surface area (Å²) < 4.78 is 42.7. The largest absolute Gasteiger partial charge is 0.471 e. The molecule has 0 aromatic heterocycles. The zero-order chi connectivity index (χ0) is 14.0. The van der Waals surface area contributed by atoms with Crippen molar-refractivity contribution in [2.45, 2.75) is 18.6 Å². The summed E-state index contributed by atoms with van der Waals surface area (Å²) in [6.45, 7) is 0.113. The summed E-state index contributed by atoms with van der Waals surface area (Å²) in [5, 5.41) is 0. The predicted octanol–water partition coefficient (Wildman–Crippen LogP) is 2.32. The van der Waals surface area contributed by atoms with E-state index in [1.807, 2.05) is 12.1 Å². The Hall–Kier alpha value is -1.56. The molecule has 104 valence electrons. The van der Waals surface area contributed by atoms with Crippen LogP contribution in [0.1, 0.15) is 17.2 Å². The number of rotatable bonds is 2. The molecule has 0 bridgehead atoms. The second-order valence-electron chi connectivity index (χ2n) is 4.42. The lowest BCUT2D eigenvalue weighted by Crippen LogP contribution is -2.47. The first-order valence-corrected chi connectivity index (χ1v) is 5.89. The second kappa shape index (κ2) is 5.21. The standard InChI is InChI=1S/C13H14F3NO2/c1-19-8-11-10-5-3-2-4-9(10)6-7-17(11)12(18)13(14,15)16/h2-5,11H,6-8H2,1H3/t11-/m1/s1. The Morgan fingerprint density at radius 2 is 2.11 bits per heavy atom. The lowest BCUT2D eigenvalue weighted by atomic mass is 9.93. The number of alkyl halides is 3. The highest BCUT2D eigenvalue weighted by Gasteiger charge is 2.46. The van der Waals surface area contributed by atoms with Gasteiger partial charge in [-0.1, -0.05) is 24.3 Å². The van der Waals surface area contributed by atoms with E-state index in [1.165, 1.54) is 7.11 Å². The van der Waals surface area contributed by atoms with Crippen molar-refractivity contribution in [1.82, 2.24) is 4.90 Å². The predicted molar refractivity (Wildman–Crippen MR) is 62.5 cm³/mol. The quantitative estimate of drug-likeness (QED) is 0.827. The maximum Gasteiger partial charge on any atom is 0.471 e. The topological polar surface area (TPSA) is 29.5 Å². The molecule has 0 saturated heterocycles. The van der Waals surface area contributed by atoms with Gasteiger partial charge in [-0.3, -0.25) is 4.79 Å². The summed E-state index contributed by atoms with van der Waals surface area (Å²) in [6, 6.07) is 6.53. The third-order valence-electron chi connectivity index (χ3n) is 3.24. The van der Waals surface area contributed by atoms with Gasteiger partial charge in [-0.25, -0.2) is 0 Å². The number of methoxy groups -OCH3 is 1. The van der Waals surface area contributed by atoms with Crippen molar-refractivity contribution in [3.8, 4) is 0 Å². The van der Waals surface area contributed by atoms with Crippen LogP contribution in [0.5, 0.6) is 0 Å². The average molecular weight is 273 g/mol. The SMILES string of the molecule is COC[C@@H]1c2ccccc2CCN1C(=O)C(F)(F)F. The molecule has 1 aliphatic rings. The van der Waals surface area contributed by atoms with E-state index < -0.39 is 18.1 Å². The summed E-state index contributed by atoms with van der Waals surface area (Å²) >= 11 is 0. The molecule has 6 heteroatoms. The molecular weight excluding hydrogens is 259 g/mol. The van der Waals surface area contributed by atoms with Gasteiger partial charge in [0, 0.05) is 13.7 Å². The molecule has 2 rings (SSSR count). The van der Waals surface area contributed by atoms with Crippen molar-refractivity contribution in [1.29, 1.82) is 0 Å². The number of amides is 1. The number of halogens is 3. The zero-order valence-electron chi connectivity index (χ0n) is 10.4. The molecule has 0 fully saturated rings. The van der Waals surface area contributed by atoms with Gasteiger partial charge >= 0.3 is 12.1 Å². The molecule has 0 aliphatic carbocycles. The molecule has 1 aromatic rings. The summed E-state index contributed by atoms with van der Waals surface area (Å²) in [6.07, 6.45) is -4.42. The van der Waals surface area contributed by atoms with E-state index in [4.69, 9.17) is 4.74 Å². The Morgan fingerprint density at radius 1 is 1.42 bits per heavy atom. The van der Waals surface area contributed by atoms with E-state index >= 15 is 0 Å². The van der Waals surface area contributed by atoms with Gasteiger partial charge in [-0.2, -0.15) is 13.2 Å². The highest BCUT2D eigenvalue weighted by molar-refractivity contribution is 5.82. The highest BCUT2D eigenvalue weighted by Crippen LogP contribution is 2.33. The van der Waals surface area contributed by atoms with Crippen LogP contribution in [0, 0.1) is 0 Å². The van der Waals surface area contributed by atoms with Crippen LogP contribution in [-0.4, -0.2) is 37.2 Å². The Bertz CT molecular complexity index is 473. The van der Waals surface area contributed by atoms with Gasteiger partial charge in [0.05, 0.1) is 12.6 Å². The molecule has 0 saturated carbocycles. The Morgan fingerprint density at radius 3 is 2.74 bits per heavy atom. The third-order valence-corrected chi connectivity index (χ3v) is 3.24. The van der Waals surface area contributed by atoms with E-state index in [9.17, 15) is 18.0 Å². The van der Waals surface area contributed by atoms with Gasteiger partial charge in [-0.15, -0.1) is 0 Å². The van der Waals surface area contributed by atoms with E-state index in [2.05, 4.69) is 0 Å². The lowest BCUT2D eigenvalue weighted by Gasteiger charge is -2.37. The number of carbonyl (C=O) groups excluding carboxylic acids is 1. The molecule has 0 spiro atoms. The van der Waals surface area contributed by atoms with E-state index in [0.717, 1.165) is 16.0 Å². The first-order valence-electron chi connectivity index (χ1n) is 5.89. The molecule has 1 amide bonds. The van der Waals surface area contributed by atoms with Crippen molar-refractivity contribution in [2.24, 2.45) is 0 Å². The van der Waals surface area contributed by atoms with Crippen LogP contribution in [0.25, 0.3) is 0 Å². The number of fused-ring (bicyclic) bond motifs is 1. The van der Waals surface area contributed by atoms with Crippen LogP contribution in [-0.2, 0) is 16.0 Å². The molecule has 1 atom stereocenters. The van der Waals surface area contributed by atoms with Crippen molar-refractivity contribution in [3.63, 3.8) is 0 Å². The molecular formula is C13H14F3NO2. The zero-order valence-corrected chi connectivity index (χ0v) is 10.4. The fourth-order valence-electron chi connectivity index (χ4n) is 2.40. The highest BCUT2D eigenvalue weighted by atomic mass is 19.4. The number of ether oxygens (including phenoxy) is 1. The number of hydrogen-bond acceptors (Lipinski definition) is 2. The molecule has 0 unspecified atom stereocenters. The normalized spacial score (nSPS) is 19.2. The first-order chi connectivity index (χ1) is 8.95. The van der Waals surface area contributed by atoms with Crippen LogP contribution in [0.4, 0.5) is 13.2 Å². The molecule has 1 aromatic carbocycles. The maximum absolute atomic E-state index is 12.6. The first kappa shape index (κ1) is 13.9. The van der Waals surface area contributed by atoms with Gasteiger partial charge in [0.15, 0.2) is 0 Å². The molecule has 1 aliphatic heterocycles. The lowest BCUT2D eigenvalue weighted by molar-refractivity contribution is -0.189. The van der Waals surface area contributed by atoms with Crippen molar-refractivity contribution in [3.05, 3.63) is 35.4 Å². The fraction of sp³-hybridized carbons (Fsp3) is 0.462. The van der Waals surface area contributed by atoms with Gasteiger partial charge < -0.3 is 9.64 Å². The molecule has 1 heterocycles. The average Bonchev–Trinajstić information content (AvgIpc) is 2.37. The van der Waals surface area contributed by atoms with Crippen LogP contribution < -0.4 is 0 Å². The van der Waals surface area contributed by atoms with Crippen molar-refractivity contribution >= 4 is 5.91 Å². The maximum atomic E-state index is 12.6. The number of hydrogen-bond donors (Lipinski definition) is 0. The minimum absolute atomic E-state index is 0.0544. The van der Waals surface area contributed by atoms with Crippen LogP contribution in [0.2, 0.25) is 0 Å². The third kappa shape index (κ3) is 2.73. The summed E-state index contributed by atoms with van der Waals surface area (Å²) in [4.78, 5) is 12.3. The van der Waals surface area contributed by atoms with Gasteiger partial charge in [0.1, 0.15) is 0 Å². The van der Waals surface area contributed by atoms with Crippen LogP contribution in [0.3, 0.4) is 0 Å². The van der Waals surface area contributed by atoms with Crippen LogP contribution in [0.15, 0.2) is 24.3 Å². The summed E-state index contributed by atoms with van der Waals surface area (Å²) in [5.41, 5.74) is 1.70. The fourth-order valence-corrected chi connectivity index (χ4v) is 2.40. The minimum atomic E-state index is -4.85. The van der Waals surface area contributed by atoms with Gasteiger partial charge in [-0.05, 0) is 17.5 Å². The Labute approximate surface area is 109 Å². The second-order valence-corrected chi connectivity index (χ2v) is 4.42. The Kier molecular flexibility index (Phi) is 3.80. The smallest absolute Gasteiger partial charge is 0.382 e.